The third-order valence-corrected chi connectivity index (χ3v) is 8.11. The number of benzene rings is 2. The number of carbonyl (C=O) groups excluding carboxylic acids is 1. The summed E-state index contributed by atoms with van der Waals surface area (Å²) in [7, 11) is -1.92. The van der Waals surface area contributed by atoms with Gasteiger partial charge in [0.25, 0.3) is 5.91 Å². The summed E-state index contributed by atoms with van der Waals surface area (Å²) >= 11 is 1.35. The van der Waals surface area contributed by atoms with Crippen molar-refractivity contribution in [3.8, 4) is 11.3 Å². The standard InChI is InChI=1S/C22H23N3O3S2/c1-25(18-9-5-6-10-18)30(27,28)19-13-11-17(12-14-19)21(26)24-22-23-20(15-29-22)16-7-3-2-4-8-16/h2-4,7-8,11-15,18H,5-6,9-10H2,1H3,(H,23,24,26). The number of rotatable bonds is 6. The first-order valence-corrected chi connectivity index (χ1v) is 12.2. The summed E-state index contributed by atoms with van der Waals surface area (Å²) < 4.78 is 27.2. The summed E-state index contributed by atoms with van der Waals surface area (Å²) in [6.07, 6.45) is 3.92. The Morgan fingerprint density at radius 3 is 2.40 bits per heavy atom. The molecule has 8 heteroatoms. The summed E-state index contributed by atoms with van der Waals surface area (Å²) in [5.41, 5.74) is 2.16. The van der Waals surface area contributed by atoms with Gasteiger partial charge in [0.1, 0.15) is 0 Å². The molecule has 0 aliphatic heterocycles. The van der Waals surface area contributed by atoms with Crippen LogP contribution in [0.2, 0.25) is 0 Å². The van der Waals surface area contributed by atoms with Gasteiger partial charge in [-0.1, -0.05) is 43.2 Å². The minimum atomic E-state index is -3.56. The average Bonchev–Trinajstić information content (AvgIpc) is 3.46. The maximum atomic E-state index is 12.8. The fourth-order valence-electron chi connectivity index (χ4n) is 3.65. The molecule has 1 saturated carbocycles. The molecule has 2 aromatic carbocycles. The highest BCUT2D eigenvalue weighted by molar-refractivity contribution is 7.89. The van der Waals surface area contributed by atoms with Crippen LogP contribution in [-0.4, -0.2) is 36.7 Å². The molecule has 3 aromatic rings. The number of sulfonamides is 1. The summed E-state index contributed by atoms with van der Waals surface area (Å²) in [6, 6.07) is 15.9. The predicted octanol–water partition coefficient (Wildman–Crippen LogP) is 4.63. The van der Waals surface area contributed by atoms with E-state index in [1.807, 2.05) is 35.7 Å². The van der Waals surface area contributed by atoms with E-state index in [9.17, 15) is 13.2 Å². The number of anilines is 1. The molecule has 0 atom stereocenters. The van der Waals surface area contributed by atoms with Crippen molar-refractivity contribution in [1.29, 1.82) is 0 Å². The molecule has 156 valence electrons. The van der Waals surface area contributed by atoms with Crippen molar-refractivity contribution in [2.24, 2.45) is 0 Å². The molecule has 0 spiro atoms. The lowest BCUT2D eigenvalue weighted by atomic mass is 10.2. The second-order valence-corrected chi connectivity index (χ2v) is 10.2. The number of nitrogens with zero attached hydrogens (tertiary/aromatic N) is 2. The Morgan fingerprint density at radius 2 is 1.73 bits per heavy atom. The lowest BCUT2D eigenvalue weighted by molar-refractivity contribution is 0.102. The van der Waals surface area contributed by atoms with Crippen LogP contribution in [0.4, 0.5) is 5.13 Å². The van der Waals surface area contributed by atoms with Crippen molar-refractivity contribution in [2.75, 3.05) is 12.4 Å². The molecule has 1 heterocycles. The first-order chi connectivity index (χ1) is 14.4. The van der Waals surface area contributed by atoms with E-state index in [-0.39, 0.29) is 16.8 Å². The van der Waals surface area contributed by atoms with E-state index in [2.05, 4.69) is 10.3 Å². The highest BCUT2D eigenvalue weighted by Crippen LogP contribution is 2.28. The first-order valence-electron chi connectivity index (χ1n) is 9.85. The molecular weight excluding hydrogens is 418 g/mol. The van der Waals surface area contributed by atoms with E-state index >= 15 is 0 Å². The number of carbonyl (C=O) groups is 1. The van der Waals surface area contributed by atoms with E-state index in [1.165, 1.54) is 39.9 Å². The van der Waals surface area contributed by atoms with Crippen LogP contribution in [0.1, 0.15) is 36.0 Å². The van der Waals surface area contributed by atoms with Gasteiger partial charge in [0.05, 0.1) is 10.6 Å². The van der Waals surface area contributed by atoms with Gasteiger partial charge >= 0.3 is 0 Å². The minimum Gasteiger partial charge on any atom is -0.298 e. The van der Waals surface area contributed by atoms with Crippen LogP contribution in [0, 0.1) is 0 Å². The van der Waals surface area contributed by atoms with Crippen molar-refractivity contribution < 1.29 is 13.2 Å². The molecule has 1 fully saturated rings. The quantitative estimate of drug-likeness (QED) is 0.605. The van der Waals surface area contributed by atoms with E-state index in [4.69, 9.17) is 0 Å². The van der Waals surface area contributed by atoms with Crippen LogP contribution < -0.4 is 5.32 Å². The molecule has 0 unspecified atom stereocenters. The highest BCUT2D eigenvalue weighted by Gasteiger charge is 2.30. The zero-order valence-corrected chi connectivity index (χ0v) is 18.2. The summed E-state index contributed by atoms with van der Waals surface area (Å²) in [5, 5.41) is 5.17. The van der Waals surface area contributed by atoms with Gasteiger partial charge in [-0.05, 0) is 37.1 Å². The summed E-state index contributed by atoms with van der Waals surface area (Å²) in [5.74, 6) is -0.322. The van der Waals surface area contributed by atoms with Gasteiger partial charge in [-0.2, -0.15) is 4.31 Å². The Bertz CT molecular complexity index is 1120. The summed E-state index contributed by atoms with van der Waals surface area (Å²) in [4.78, 5) is 17.2. The molecular formula is C22H23N3O3S2. The molecule has 1 aliphatic rings. The molecule has 4 rings (SSSR count). The SMILES string of the molecule is CN(C1CCCC1)S(=O)(=O)c1ccc(C(=O)Nc2nc(-c3ccccc3)cs2)cc1. The van der Waals surface area contributed by atoms with Crippen molar-refractivity contribution in [2.45, 2.75) is 36.6 Å². The third-order valence-electron chi connectivity index (χ3n) is 5.43. The fraction of sp³-hybridized carbons (Fsp3) is 0.273. The van der Waals surface area contributed by atoms with Crippen LogP contribution in [0.3, 0.4) is 0 Å². The molecule has 1 aromatic heterocycles. The molecule has 1 amide bonds. The van der Waals surface area contributed by atoms with E-state index in [0.717, 1.165) is 36.9 Å². The topological polar surface area (TPSA) is 79.4 Å². The monoisotopic (exact) mass is 441 g/mol. The van der Waals surface area contributed by atoms with Crippen molar-refractivity contribution in [3.63, 3.8) is 0 Å². The number of hydrogen-bond acceptors (Lipinski definition) is 5. The van der Waals surface area contributed by atoms with Gasteiger partial charge in [-0.15, -0.1) is 11.3 Å². The molecule has 30 heavy (non-hydrogen) atoms. The van der Waals surface area contributed by atoms with Gasteiger partial charge in [-0.3, -0.25) is 10.1 Å². The van der Waals surface area contributed by atoms with Crippen molar-refractivity contribution in [1.82, 2.24) is 9.29 Å². The first kappa shape index (κ1) is 20.7. The molecule has 0 saturated heterocycles. The van der Waals surface area contributed by atoms with Gasteiger partial charge in [-0.25, -0.2) is 13.4 Å². The van der Waals surface area contributed by atoms with E-state index in [0.29, 0.717) is 10.7 Å². The zero-order valence-electron chi connectivity index (χ0n) is 16.6. The Labute approximate surface area is 180 Å². The van der Waals surface area contributed by atoms with Crippen LogP contribution in [-0.2, 0) is 10.0 Å². The molecule has 0 radical (unpaired) electrons. The minimum absolute atomic E-state index is 0.0571. The molecule has 1 aliphatic carbocycles. The lowest BCUT2D eigenvalue weighted by Gasteiger charge is -2.23. The van der Waals surface area contributed by atoms with Crippen LogP contribution >= 0.6 is 11.3 Å². The van der Waals surface area contributed by atoms with Gasteiger partial charge in [0, 0.05) is 29.6 Å². The normalized spacial score (nSPS) is 14.9. The smallest absolute Gasteiger partial charge is 0.257 e. The zero-order chi connectivity index (χ0) is 21.1. The lowest BCUT2D eigenvalue weighted by Crippen LogP contribution is -2.35. The van der Waals surface area contributed by atoms with Gasteiger partial charge in [0.15, 0.2) is 5.13 Å². The number of amides is 1. The number of nitrogens with one attached hydrogen (secondary N) is 1. The number of aromatic nitrogens is 1. The average molecular weight is 442 g/mol. The molecule has 0 bridgehead atoms. The largest absolute Gasteiger partial charge is 0.298 e. The maximum Gasteiger partial charge on any atom is 0.257 e. The molecule has 6 nitrogen and oxygen atoms in total. The molecule has 1 N–H and O–H groups in total. The van der Waals surface area contributed by atoms with E-state index < -0.39 is 10.0 Å². The van der Waals surface area contributed by atoms with Crippen LogP contribution in [0.25, 0.3) is 11.3 Å². The van der Waals surface area contributed by atoms with E-state index in [1.54, 1.807) is 7.05 Å². The second-order valence-electron chi connectivity index (χ2n) is 7.34. The van der Waals surface area contributed by atoms with Crippen molar-refractivity contribution in [3.05, 3.63) is 65.5 Å². The van der Waals surface area contributed by atoms with Crippen LogP contribution in [0.5, 0.6) is 0 Å². The Hall–Kier alpha value is -2.55. The van der Waals surface area contributed by atoms with Gasteiger partial charge < -0.3 is 0 Å². The summed E-state index contributed by atoms with van der Waals surface area (Å²) in [6.45, 7) is 0. The van der Waals surface area contributed by atoms with Gasteiger partial charge in [0.2, 0.25) is 10.0 Å². The maximum absolute atomic E-state index is 12.8. The number of thiazole rings is 1. The third kappa shape index (κ3) is 4.30. The Morgan fingerprint density at radius 1 is 1.07 bits per heavy atom. The number of hydrogen-bond donors (Lipinski definition) is 1. The highest BCUT2D eigenvalue weighted by atomic mass is 32.2. The predicted molar refractivity (Wildman–Crippen MR) is 119 cm³/mol. The van der Waals surface area contributed by atoms with Crippen molar-refractivity contribution >= 4 is 32.4 Å². The fourth-order valence-corrected chi connectivity index (χ4v) is 5.78. The Balaban J connectivity index is 1.45. The second kappa shape index (κ2) is 8.67. The van der Waals surface area contributed by atoms with Crippen LogP contribution in [0.15, 0.2) is 64.9 Å². The Kier molecular flexibility index (Phi) is 5.99.